The molecule has 1 fully saturated rings. The van der Waals surface area contributed by atoms with E-state index in [0.29, 0.717) is 12.5 Å². The third-order valence-electron chi connectivity index (χ3n) is 4.03. The van der Waals surface area contributed by atoms with Gasteiger partial charge in [-0.25, -0.2) is 0 Å². The molecular formula is C15H22N2O. The molecule has 1 N–H and O–H groups in total. The fourth-order valence-corrected chi connectivity index (χ4v) is 2.51. The Bertz CT molecular complexity index is 404. The first-order valence-electron chi connectivity index (χ1n) is 6.74. The number of rotatable bonds is 4. The number of carbonyl (C=O) groups excluding carboxylic acids is 1. The van der Waals surface area contributed by atoms with Gasteiger partial charge in [0.2, 0.25) is 5.91 Å². The highest BCUT2D eigenvalue weighted by Gasteiger charge is 2.36. The van der Waals surface area contributed by atoms with Crippen molar-refractivity contribution >= 4 is 5.91 Å². The Morgan fingerprint density at radius 1 is 1.33 bits per heavy atom. The lowest BCUT2D eigenvalue weighted by Crippen LogP contribution is -2.41. The van der Waals surface area contributed by atoms with E-state index in [2.05, 4.69) is 38.2 Å². The summed E-state index contributed by atoms with van der Waals surface area (Å²) in [5, 5.41) is 3.31. The normalized spacial score (nSPS) is 23.2. The van der Waals surface area contributed by atoms with E-state index in [9.17, 15) is 4.79 Å². The van der Waals surface area contributed by atoms with Gasteiger partial charge in [0.1, 0.15) is 6.17 Å². The van der Waals surface area contributed by atoms with Gasteiger partial charge in [-0.15, -0.1) is 0 Å². The van der Waals surface area contributed by atoms with Crippen molar-refractivity contribution in [2.45, 2.75) is 39.4 Å². The van der Waals surface area contributed by atoms with Crippen LogP contribution in [0.25, 0.3) is 0 Å². The van der Waals surface area contributed by atoms with Gasteiger partial charge < -0.3 is 4.90 Å². The Kier molecular flexibility index (Phi) is 4.02. The molecule has 0 aromatic heterocycles. The summed E-state index contributed by atoms with van der Waals surface area (Å²) in [7, 11) is 0. The smallest absolute Gasteiger partial charge is 0.238 e. The van der Waals surface area contributed by atoms with Crippen molar-refractivity contribution in [3.63, 3.8) is 0 Å². The molecule has 3 unspecified atom stereocenters. The second-order valence-electron chi connectivity index (χ2n) is 5.12. The molecule has 0 aliphatic carbocycles. The van der Waals surface area contributed by atoms with Gasteiger partial charge in [-0.1, -0.05) is 50.6 Å². The number of nitrogens with zero attached hydrogens (tertiary/aromatic N) is 1. The van der Waals surface area contributed by atoms with E-state index in [1.807, 2.05) is 23.1 Å². The van der Waals surface area contributed by atoms with Crippen molar-refractivity contribution in [1.82, 2.24) is 10.2 Å². The lowest BCUT2D eigenvalue weighted by molar-refractivity contribution is -0.131. The maximum Gasteiger partial charge on any atom is 0.238 e. The molecule has 1 aromatic carbocycles. The summed E-state index contributed by atoms with van der Waals surface area (Å²) in [6.45, 7) is 6.97. The molecule has 0 radical (unpaired) electrons. The molecule has 3 atom stereocenters. The van der Waals surface area contributed by atoms with Gasteiger partial charge in [-0.05, 0) is 18.4 Å². The Labute approximate surface area is 109 Å². The van der Waals surface area contributed by atoms with Crippen molar-refractivity contribution in [2.24, 2.45) is 5.92 Å². The average Bonchev–Trinajstić information content (AvgIpc) is 2.80. The van der Waals surface area contributed by atoms with Gasteiger partial charge >= 0.3 is 0 Å². The molecule has 98 valence electrons. The molecule has 1 amide bonds. The molecule has 1 aromatic rings. The van der Waals surface area contributed by atoms with Crippen LogP contribution < -0.4 is 5.32 Å². The number of hydrogen-bond acceptors (Lipinski definition) is 2. The SMILES string of the molecule is CCC(C)C(C)N1C(=O)CNC1c1ccccc1. The molecule has 0 bridgehead atoms. The fraction of sp³-hybridized carbons (Fsp3) is 0.533. The van der Waals surface area contributed by atoms with Crippen molar-refractivity contribution < 1.29 is 4.79 Å². The number of benzene rings is 1. The molecule has 3 nitrogen and oxygen atoms in total. The van der Waals surface area contributed by atoms with Gasteiger partial charge in [0.15, 0.2) is 0 Å². The monoisotopic (exact) mass is 246 g/mol. The van der Waals surface area contributed by atoms with E-state index in [1.165, 1.54) is 5.56 Å². The van der Waals surface area contributed by atoms with E-state index < -0.39 is 0 Å². The van der Waals surface area contributed by atoms with Crippen LogP contribution in [0.1, 0.15) is 38.9 Å². The van der Waals surface area contributed by atoms with Crippen molar-refractivity contribution in [2.75, 3.05) is 6.54 Å². The summed E-state index contributed by atoms with van der Waals surface area (Å²) >= 11 is 0. The van der Waals surface area contributed by atoms with Gasteiger partial charge in [0.25, 0.3) is 0 Å². The van der Waals surface area contributed by atoms with Crippen LogP contribution in [0.3, 0.4) is 0 Å². The van der Waals surface area contributed by atoms with Crippen LogP contribution in [-0.4, -0.2) is 23.4 Å². The Balaban J connectivity index is 2.23. The highest BCUT2D eigenvalue weighted by atomic mass is 16.2. The first-order valence-corrected chi connectivity index (χ1v) is 6.74. The Morgan fingerprint density at radius 3 is 2.61 bits per heavy atom. The third kappa shape index (κ3) is 2.41. The second kappa shape index (κ2) is 5.53. The van der Waals surface area contributed by atoms with Crippen LogP contribution in [0.4, 0.5) is 0 Å². The number of amides is 1. The third-order valence-corrected chi connectivity index (χ3v) is 4.03. The highest BCUT2D eigenvalue weighted by Crippen LogP contribution is 2.28. The van der Waals surface area contributed by atoms with Crippen LogP contribution in [-0.2, 0) is 4.79 Å². The van der Waals surface area contributed by atoms with Crippen LogP contribution in [0.2, 0.25) is 0 Å². The summed E-state index contributed by atoms with van der Waals surface area (Å²) in [6.07, 6.45) is 1.12. The van der Waals surface area contributed by atoms with Gasteiger partial charge in [0.05, 0.1) is 6.54 Å². The van der Waals surface area contributed by atoms with Crippen LogP contribution in [0.5, 0.6) is 0 Å². The first kappa shape index (κ1) is 13.1. The molecule has 1 aliphatic rings. The number of hydrogen-bond donors (Lipinski definition) is 1. The maximum absolute atomic E-state index is 12.1. The number of nitrogens with one attached hydrogen (secondary N) is 1. The topological polar surface area (TPSA) is 32.3 Å². The van der Waals surface area contributed by atoms with E-state index in [4.69, 9.17) is 0 Å². The quantitative estimate of drug-likeness (QED) is 0.885. The minimum atomic E-state index is 0.0303. The predicted octanol–water partition coefficient (Wildman–Crippen LogP) is 2.55. The lowest BCUT2D eigenvalue weighted by Gasteiger charge is -2.34. The predicted molar refractivity (Wildman–Crippen MR) is 72.9 cm³/mol. The zero-order valence-corrected chi connectivity index (χ0v) is 11.4. The summed E-state index contributed by atoms with van der Waals surface area (Å²) < 4.78 is 0. The standard InChI is InChI=1S/C15H22N2O/c1-4-11(2)12(3)17-14(18)10-16-15(17)13-8-6-5-7-9-13/h5-9,11-12,15-16H,4,10H2,1-3H3. The zero-order valence-electron chi connectivity index (χ0n) is 11.4. The van der Waals surface area contributed by atoms with Crippen LogP contribution in [0, 0.1) is 5.92 Å². The molecule has 3 heteroatoms. The van der Waals surface area contributed by atoms with Crippen LogP contribution in [0.15, 0.2) is 30.3 Å². The number of carbonyl (C=O) groups is 1. The van der Waals surface area contributed by atoms with Crippen molar-refractivity contribution in [3.8, 4) is 0 Å². The van der Waals surface area contributed by atoms with E-state index in [0.717, 1.165) is 6.42 Å². The van der Waals surface area contributed by atoms with E-state index >= 15 is 0 Å². The summed E-state index contributed by atoms with van der Waals surface area (Å²) in [6, 6.07) is 10.5. The van der Waals surface area contributed by atoms with E-state index in [1.54, 1.807) is 0 Å². The fourth-order valence-electron chi connectivity index (χ4n) is 2.51. The largest absolute Gasteiger partial charge is 0.319 e. The lowest BCUT2D eigenvalue weighted by atomic mass is 9.98. The van der Waals surface area contributed by atoms with Gasteiger partial charge in [-0.2, -0.15) is 0 Å². The van der Waals surface area contributed by atoms with Crippen molar-refractivity contribution in [1.29, 1.82) is 0 Å². The summed E-state index contributed by atoms with van der Waals surface area (Å²) in [5.74, 6) is 0.719. The molecule has 1 saturated heterocycles. The molecular weight excluding hydrogens is 224 g/mol. The van der Waals surface area contributed by atoms with Gasteiger partial charge in [0, 0.05) is 6.04 Å². The molecule has 2 rings (SSSR count). The minimum absolute atomic E-state index is 0.0303. The van der Waals surface area contributed by atoms with Gasteiger partial charge in [-0.3, -0.25) is 10.1 Å². The summed E-state index contributed by atoms with van der Waals surface area (Å²) in [5.41, 5.74) is 1.17. The molecule has 1 aliphatic heterocycles. The highest BCUT2D eigenvalue weighted by molar-refractivity contribution is 5.81. The summed E-state index contributed by atoms with van der Waals surface area (Å²) in [4.78, 5) is 14.1. The minimum Gasteiger partial charge on any atom is -0.319 e. The average molecular weight is 246 g/mol. The van der Waals surface area contributed by atoms with Crippen molar-refractivity contribution in [3.05, 3.63) is 35.9 Å². The van der Waals surface area contributed by atoms with Crippen LogP contribution >= 0.6 is 0 Å². The molecule has 0 spiro atoms. The Morgan fingerprint density at radius 2 is 2.00 bits per heavy atom. The van der Waals surface area contributed by atoms with E-state index in [-0.39, 0.29) is 18.1 Å². The zero-order chi connectivity index (χ0) is 13.1. The maximum atomic E-state index is 12.1. The Hall–Kier alpha value is -1.35. The molecule has 0 saturated carbocycles. The molecule has 1 heterocycles. The molecule has 18 heavy (non-hydrogen) atoms. The second-order valence-corrected chi connectivity index (χ2v) is 5.12. The first-order chi connectivity index (χ1) is 8.65.